The lowest BCUT2D eigenvalue weighted by molar-refractivity contribution is 0.0695. The molecular formula is C25H25Cl2NO4. The van der Waals surface area contributed by atoms with Crippen molar-refractivity contribution in [3.63, 3.8) is 0 Å². The Kier molecular flexibility index (Phi) is 7.99. The smallest absolute Gasteiger partial charge is 0.337 e. The molecule has 0 aliphatic heterocycles. The van der Waals surface area contributed by atoms with E-state index < -0.39 is 5.97 Å². The van der Waals surface area contributed by atoms with Gasteiger partial charge >= 0.3 is 5.97 Å². The van der Waals surface area contributed by atoms with Crippen LogP contribution in [0.15, 0.2) is 42.5 Å². The topological polar surface area (TPSA) is 68.7 Å². The summed E-state index contributed by atoms with van der Waals surface area (Å²) < 4.78 is 11.6. The van der Waals surface area contributed by atoms with E-state index in [1.54, 1.807) is 24.3 Å². The fraction of sp³-hybridized carbons (Fsp3) is 0.280. The van der Waals surface area contributed by atoms with Gasteiger partial charge in [0, 0.05) is 15.6 Å². The number of carboxylic acid groups (broad SMARTS) is 1. The van der Waals surface area contributed by atoms with Crippen molar-refractivity contribution in [3.05, 3.63) is 74.9 Å². The van der Waals surface area contributed by atoms with Crippen molar-refractivity contribution in [1.82, 2.24) is 4.98 Å². The summed E-state index contributed by atoms with van der Waals surface area (Å²) in [5.74, 6) is 0.343. The van der Waals surface area contributed by atoms with Crippen LogP contribution in [-0.4, -0.2) is 29.3 Å². The van der Waals surface area contributed by atoms with Crippen molar-refractivity contribution in [1.29, 1.82) is 0 Å². The third kappa shape index (κ3) is 5.72. The second kappa shape index (κ2) is 10.7. The van der Waals surface area contributed by atoms with Crippen molar-refractivity contribution in [3.8, 4) is 22.8 Å². The molecule has 3 aromatic rings. The Morgan fingerprint density at radius 2 is 1.75 bits per heavy atom. The van der Waals surface area contributed by atoms with Gasteiger partial charge < -0.3 is 14.6 Å². The maximum Gasteiger partial charge on any atom is 0.337 e. The number of ether oxygens (including phenoxy) is 2. The largest absolute Gasteiger partial charge is 0.494 e. The van der Waals surface area contributed by atoms with Crippen molar-refractivity contribution in [2.75, 3.05) is 13.2 Å². The van der Waals surface area contributed by atoms with Crippen LogP contribution in [0, 0.1) is 13.8 Å². The molecule has 0 saturated heterocycles. The van der Waals surface area contributed by atoms with Gasteiger partial charge in [0.2, 0.25) is 0 Å². The predicted molar refractivity (Wildman–Crippen MR) is 128 cm³/mol. The SMILES string of the molecule is CCOc1cc(Cl)ccc1-c1ccc(C(=O)O)c(CCCOc2cc(C)c(Cl)c(C)c2)n1. The van der Waals surface area contributed by atoms with Crippen molar-refractivity contribution in [2.24, 2.45) is 0 Å². The second-order valence-electron chi connectivity index (χ2n) is 7.39. The molecule has 0 radical (unpaired) electrons. The van der Waals surface area contributed by atoms with Crippen LogP contribution in [0.4, 0.5) is 0 Å². The van der Waals surface area contributed by atoms with Crippen LogP contribution in [0.3, 0.4) is 0 Å². The fourth-order valence-electron chi connectivity index (χ4n) is 3.44. The minimum absolute atomic E-state index is 0.179. The lowest BCUT2D eigenvalue weighted by Crippen LogP contribution is -2.08. The van der Waals surface area contributed by atoms with Gasteiger partial charge in [0.05, 0.1) is 30.2 Å². The van der Waals surface area contributed by atoms with E-state index in [1.165, 1.54) is 0 Å². The zero-order valence-corrected chi connectivity index (χ0v) is 19.8. The van der Waals surface area contributed by atoms with Crippen LogP contribution >= 0.6 is 23.2 Å². The molecule has 5 nitrogen and oxygen atoms in total. The Balaban J connectivity index is 1.78. The number of benzene rings is 2. The average molecular weight is 474 g/mol. The lowest BCUT2D eigenvalue weighted by Gasteiger charge is -2.13. The molecule has 0 fully saturated rings. The summed E-state index contributed by atoms with van der Waals surface area (Å²) in [6.07, 6.45) is 1.06. The number of hydrogen-bond donors (Lipinski definition) is 1. The summed E-state index contributed by atoms with van der Waals surface area (Å²) in [5, 5.41) is 10.9. The molecule has 32 heavy (non-hydrogen) atoms. The van der Waals surface area contributed by atoms with Gasteiger partial charge in [0.1, 0.15) is 11.5 Å². The summed E-state index contributed by atoms with van der Waals surface area (Å²) in [4.78, 5) is 16.4. The average Bonchev–Trinajstić information content (AvgIpc) is 2.75. The molecule has 3 rings (SSSR count). The fourth-order valence-corrected chi connectivity index (χ4v) is 3.71. The number of hydrogen-bond acceptors (Lipinski definition) is 4. The van der Waals surface area contributed by atoms with E-state index in [9.17, 15) is 9.90 Å². The number of nitrogens with zero attached hydrogens (tertiary/aromatic N) is 1. The van der Waals surface area contributed by atoms with Gasteiger partial charge in [-0.3, -0.25) is 4.98 Å². The number of halogens is 2. The number of carboxylic acids is 1. The van der Waals surface area contributed by atoms with Crippen LogP contribution in [-0.2, 0) is 6.42 Å². The molecule has 0 atom stereocenters. The predicted octanol–water partition coefficient (Wildman–Crippen LogP) is 6.78. The number of aromatic carboxylic acids is 1. The molecule has 0 amide bonds. The normalized spacial score (nSPS) is 10.8. The third-order valence-corrected chi connectivity index (χ3v) is 5.79. The molecule has 168 valence electrons. The standard InChI is InChI=1S/C25H25Cl2NO4/c1-4-31-23-14-17(26)7-8-19(23)22-10-9-20(25(29)30)21(28-22)6-5-11-32-18-12-15(2)24(27)16(3)13-18/h7-10,12-14H,4-6,11H2,1-3H3,(H,29,30). The van der Waals surface area contributed by atoms with Gasteiger partial charge in [-0.1, -0.05) is 23.2 Å². The first-order valence-corrected chi connectivity index (χ1v) is 11.1. The van der Waals surface area contributed by atoms with Gasteiger partial charge in [0.15, 0.2) is 0 Å². The van der Waals surface area contributed by atoms with Gasteiger partial charge in [-0.25, -0.2) is 4.79 Å². The lowest BCUT2D eigenvalue weighted by atomic mass is 10.0. The molecule has 0 unspecified atom stereocenters. The molecule has 0 aliphatic rings. The number of rotatable bonds is 9. The van der Waals surface area contributed by atoms with Crippen LogP contribution in [0.1, 0.15) is 40.5 Å². The minimum Gasteiger partial charge on any atom is -0.494 e. The zero-order valence-electron chi connectivity index (χ0n) is 18.2. The number of aryl methyl sites for hydroxylation is 3. The van der Waals surface area contributed by atoms with Crippen molar-refractivity contribution < 1.29 is 19.4 Å². The van der Waals surface area contributed by atoms with E-state index in [2.05, 4.69) is 4.98 Å². The number of carbonyl (C=O) groups is 1. The summed E-state index contributed by atoms with van der Waals surface area (Å²) in [7, 11) is 0. The molecule has 0 saturated carbocycles. The highest BCUT2D eigenvalue weighted by Crippen LogP contribution is 2.32. The van der Waals surface area contributed by atoms with E-state index in [1.807, 2.05) is 39.0 Å². The monoisotopic (exact) mass is 473 g/mol. The number of pyridine rings is 1. The first kappa shape index (κ1) is 23.9. The van der Waals surface area contributed by atoms with Crippen LogP contribution in [0.2, 0.25) is 10.0 Å². The highest BCUT2D eigenvalue weighted by molar-refractivity contribution is 6.32. The summed E-state index contributed by atoms with van der Waals surface area (Å²) in [6, 6.07) is 12.4. The molecule has 7 heteroatoms. The van der Waals surface area contributed by atoms with E-state index in [-0.39, 0.29) is 5.56 Å². The zero-order chi connectivity index (χ0) is 23.3. The Bertz CT molecular complexity index is 1110. The van der Waals surface area contributed by atoms with E-state index in [4.69, 9.17) is 32.7 Å². The van der Waals surface area contributed by atoms with E-state index in [0.717, 1.165) is 27.5 Å². The molecule has 1 aromatic heterocycles. The van der Waals surface area contributed by atoms with Crippen molar-refractivity contribution in [2.45, 2.75) is 33.6 Å². The third-order valence-electron chi connectivity index (χ3n) is 4.96. The van der Waals surface area contributed by atoms with Crippen LogP contribution < -0.4 is 9.47 Å². The molecule has 2 aromatic carbocycles. The first-order chi connectivity index (χ1) is 15.3. The maximum absolute atomic E-state index is 11.7. The molecular weight excluding hydrogens is 449 g/mol. The van der Waals surface area contributed by atoms with Crippen LogP contribution in [0.25, 0.3) is 11.3 Å². The van der Waals surface area contributed by atoms with Gasteiger partial charge in [-0.2, -0.15) is 0 Å². The molecule has 0 spiro atoms. The molecule has 1 N–H and O–H groups in total. The Labute approximate surface area is 197 Å². The molecule has 0 bridgehead atoms. The summed E-state index contributed by atoms with van der Waals surface area (Å²) in [6.45, 7) is 6.67. The highest BCUT2D eigenvalue weighted by atomic mass is 35.5. The number of aromatic nitrogens is 1. The second-order valence-corrected chi connectivity index (χ2v) is 8.21. The Morgan fingerprint density at radius 1 is 1.03 bits per heavy atom. The first-order valence-electron chi connectivity index (χ1n) is 10.4. The van der Waals surface area contributed by atoms with E-state index in [0.29, 0.717) is 48.2 Å². The van der Waals surface area contributed by atoms with Gasteiger partial charge in [0.25, 0.3) is 0 Å². The maximum atomic E-state index is 11.7. The van der Waals surface area contributed by atoms with Crippen LogP contribution in [0.5, 0.6) is 11.5 Å². The summed E-state index contributed by atoms with van der Waals surface area (Å²) in [5.41, 5.74) is 3.99. The minimum atomic E-state index is -1.01. The van der Waals surface area contributed by atoms with E-state index >= 15 is 0 Å². The summed E-state index contributed by atoms with van der Waals surface area (Å²) >= 11 is 12.3. The Morgan fingerprint density at radius 3 is 2.41 bits per heavy atom. The highest BCUT2D eigenvalue weighted by Gasteiger charge is 2.16. The van der Waals surface area contributed by atoms with Crippen molar-refractivity contribution >= 4 is 29.2 Å². The quantitative estimate of drug-likeness (QED) is 0.346. The van der Waals surface area contributed by atoms with Gasteiger partial charge in [-0.15, -0.1) is 0 Å². The molecule has 1 heterocycles. The van der Waals surface area contributed by atoms with Gasteiger partial charge in [-0.05, 0) is 87.2 Å². The molecule has 0 aliphatic carbocycles. The Hall–Kier alpha value is -2.76.